The van der Waals surface area contributed by atoms with Gasteiger partial charge in [-0.1, -0.05) is 13.0 Å². The maximum Gasteiger partial charge on any atom is 0.212 e. The van der Waals surface area contributed by atoms with Crippen LogP contribution in [0, 0.1) is 0 Å². The van der Waals surface area contributed by atoms with Gasteiger partial charge in [0.25, 0.3) is 0 Å². The molecule has 0 amide bonds. The van der Waals surface area contributed by atoms with E-state index >= 15 is 0 Å². The van der Waals surface area contributed by atoms with Gasteiger partial charge in [-0.3, -0.25) is 4.98 Å². The van der Waals surface area contributed by atoms with Crippen LogP contribution in [0.15, 0.2) is 42.9 Å². The quantitative estimate of drug-likeness (QED) is 0.839. The highest BCUT2D eigenvalue weighted by atomic mass is 16.5. The standard InChI is InChI=1S/C16H21N3O/c1-3-18-15(10-13-6-8-17-9-7-13)11-14-4-5-16(20-2)19-12-14/h4-9,12,15,18H,3,10-11H2,1-2H3. The molecule has 2 rings (SSSR count). The van der Waals surface area contributed by atoms with Gasteiger partial charge in [0.2, 0.25) is 5.88 Å². The molecular formula is C16H21N3O. The molecule has 1 N–H and O–H groups in total. The van der Waals surface area contributed by atoms with Gasteiger partial charge in [0.05, 0.1) is 7.11 Å². The highest BCUT2D eigenvalue weighted by Crippen LogP contribution is 2.11. The van der Waals surface area contributed by atoms with Crippen LogP contribution in [0.5, 0.6) is 5.88 Å². The summed E-state index contributed by atoms with van der Waals surface area (Å²) < 4.78 is 5.08. The van der Waals surface area contributed by atoms with Crippen molar-refractivity contribution in [3.8, 4) is 5.88 Å². The van der Waals surface area contributed by atoms with E-state index in [0.717, 1.165) is 19.4 Å². The summed E-state index contributed by atoms with van der Waals surface area (Å²) in [5.74, 6) is 0.655. The zero-order chi connectivity index (χ0) is 14.2. The van der Waals surface area contributed by atoms with E-state index < -0.39 is 0 Å². The van der Waals surface area contributed by atoms with Gasteiger partial charge in [0.15, 0.2) is 0 Å². The second-order valence-electron chi connectivity index (χ2n) is 4.73. The lowest BCUT2D eigenvalue weighted by molar-refractivity contribution is 0.397. The van der Waals surface area contributed by atoms with Crippen molar-refractivity contribution in [3.05, 3.63) is 54.0 Å². The minimum absolute atomic E-state index is 0.401. The highest BCUT2D eigenvalue weighted by Gasteiger charge is 2.10. The molecule has 0 spiro atoms. The van der Waals surface area contributed by atoms with E-state index in [0.29, 0.717) is 11.9 Å². The maximum atomic E-state index is 5.08. The molecule has 0 saturated heterocycles. The SMILES string of the molecule is CCNC(Cc1ccncc1)Cc1ccc(OC)nc1. The van der Waals surface area contributed by atoms with Gasteiger partial charge < -0.3 is 10.1 Å². The zero-order valence-corrected chi connectivity index (χ0v) is 12.0. The number of pyridine rings is 2. The molecule has 1 atom stereocenters. The van der Waals surface area contributed by atoms with Gasteiger partial charge in [-0.2, -0.15) is 0 Å². The van der Waals surface area contributed by atoms with Crippen LogP contribution < -0.4 is 10.1 Å². The van der Waals surface area contributed by atoms with E-state index in [-0.39, 0.29) is 0 Å². The zero-order valence-electron chi connectivity index (χ0n) is 12.0. The average molecular weight is 271 g/mol. The van der Waals surface area contributed by atoms with Crippen molar-refractivity contribution in [2.45, 2.75) is 25.8 Å². The van der Waals surface area contributed by atoms with Crippen LogP contribution in [-0.2, 0) is 12.8 Å². The molecule has 0 aromatic carbocycles. The lowest BCUT2D eigenvalue weighted by atomic mass is 10.0. The smallest absolute Gasteiger partial charge is 0.212 e. The Bertz CT molecular complexity index is 499. The predicted molar refractivity (Wildman–Crippen MR) is 79.9 cm³/mol. The number of rotatable bonds is 7. The first-order valence-electron chi connectivity index (χ1n) is 6.93. The molecule has 0 radical (unpaired) electrons. The summed E-state index contributed by atoms with van der Waals surface area (Å²) in [5, 5.41) is 3.53. The molecule has 106 valence electrons. The summed E-state index contributed by atoms with van der Waals surface area (Å²) >= 11 is 0. The number of nitrogens with one attached hydrogen (secondary N) is 1. The molecule has 2 aromatic heterocycles. The van der Waals surface area contributed by atoms with E-state index in [1.54, 1.807) is 7.11 Å². The second kappa shape index (κ2) is 7.60. The fourth-order valence-electron chi connectivity index (χ4n) is 2.25. The van der Waals surface area contributed by atoms with E-state index in [1.807, 2.05) is 24.7 Å². The molecule has 0 fully saturated rings. The molecule has 0 saturated carbocycles. The summed E-state index contributed by atoms with van der Waals surface area (Å²) in [4.78, 5) is 8.31. The van der Waals surface area contributed by atoms with Crippen LogP contribution in [0.4, 0.5) is 0 Å². The van der Waals surface area contributed by atoms with Crippen LogP contribution in [0.3, 0.4) is 0 Å². The Labute approximate surface area is 120 Å². The van der Waals surface area contributed by atoms with Crippen molar-refractivity contribution in [1.82, 2.24) is 15.3 Å². The van der Waals surface area contributed by atoms with Crippen molar-refractivity contribution in [2.24, 2.45) is 0 Å². The van der Waals surface area contributed by atoms with Crippen molar-refractivity contribution in [2.75, 3.05) is 13.7 Å². The molecule has 0 bridgehead atoms. The van der Waals surface area contributed by atoms with E-state index in [2.05, 4.69) is 40.4 Å². The van der Waals surface area contributed by atoms with E-state index in [1.165, 1.54) is 11.1 Å². The first kappa shape index (κ1) is 14.5. The summed E-state index contributed by atoms with van der Waals surface area (Å²) in [6.07, 6.45) is 7.51. The van der Waals surface area contributed by atoms with Crippen molar-refractivity contribution in [1.29, 1.82) is 0 Å². The van der Waals surface area contributed by atoms with Crippen molar-refractivity contribution < 1.29 is 4.74 Å². The molecule has 20 heavy (non-hydrogen) atoms. The van der Waals surface area contributed by atoms with Crippen LogP contribution in [0.25, 0.3) is 0 Å². The molecule has 4 nitrogen and oxygen atoms in total. The third kappa shape index (κ3) is 4.31. The molecule has 4 heteroatoms. The maximum absolute atomic E-state index is 5.08. The Morgan fingerprint density at radius 1 is 1.10 bits per heavy atom. The minimum Gasteiger partial charge on any atom is -0.481 e. The Kier molecular flexibility index (Phi) is 5.50. The fraction of sp³-hybridized carbons (Fsp3) is 0.375. The van der Waals surface area contributed by atoms with Gasteiger partial charge in [0, 0.05) is 30.7 Å². The van der Waals surface area contributed by atoms with Gasteiger partial charge in [-0.05, 0) is 42.6 Å². The van der Waals surface area contributed by atoms with Gasteiger partial charge in [0.1, 0.15) is 0 Å². The van der Waals surface area contributed by atoms with Gasteiger partial charge in [-0.25, -0.2) is 4.98 Å². The molecule has 0 aliphatic carbocycles. The Morgan fingerprint density at radius 3 is 2.45 bits per heavy atom. The summed E-state index contributed by atoms with van der Waals surface area (Å²) in [7, 11) is 1.63. The number of methoxy groups -OCH3 is 1. The topological polar surface area (TPSA) is 47.0 Å². The number of hydrogen-bond donors (Lipinski definition) is 1. The summed E-state index contributed by atoms with van der Waals surface area (Å²) in [6.45, 7) is 3.09. The molecular weight excluding hydrogens is 250 g/mol. The monoisotopic (exact) mass is 271 g/mol. The fourth-order valence-corrected chi connectivity index (χ4v) is 2.25. The second-order valence-corrected chi connectivity index (χ2v) is 4.73. The first-order valence-corrected chi connectivity index (χ1v) is 6.93. The van der Waals surface area contributed by atoms with Crippen LogP contribution in [-0.4, -0.2) is 29.7 Å². The number of ether oxygens (including phenoxy) is 1. The number of hydrogen-bond acceptors (Lipinski definition) is 4. The van der Waals surface area contributed by atoms with Gasteiger partial charge >= 0.3 is 0 Å². The molecule has 0 aliphatic rings. The van der Waals surface area contributed by atoms with Crippen LogP contribution >= 0.6 is 0 Å². The van der Waals surface area contributed by atoms with Crippen LogP contribution in [0.1, 0.15) is 18.1 Å². The Balaban J connectivity index is 2.00. The molecule has 1 unspecified atom stereocenters. The first-order chi connectivity index (χ1) is 9.81. The average Bonchev–Trinajstić information content (AvgIpc) is 2.49. The van der Waals surface area contributed by atoms with E-state index in [9.17, 15) is 0 Å². The Hall–Kier alpha value is -1.94. The summed E-state index contributed by atoms with van der Waals surface area (Å²) in [6, 6.07) is 8.51. The van der Waals surface area contributed by atoms with Gasteiger partial charge in [-0.15, -0.1) is 0 Å². The third-order valence-corrected chi connectivity index (χ3v) is 3.21. The largest absolute Gasteiger partial charge is 0.481 e. The van der Waals surface area contributed by atoms with E-state index in [4.69, 9.17) is 4.74 Å². The number of likely N-dealkylation sites (N-methyl/N-ethyl adjacent to an activating group) is 1. The third-order valence-electron chi connectivity index (χ3n) is 3.21. The van der Waals surface area contributed by atoms with Crippen molar-refractivity contribution in [3.63, 3.8) is 0 Å². The predicted octanol–water partition coefficient (Wildman–Crippen LogP) is 2.25. The normalized spacial score (nSPS) is 12.1. The van der Waals surface area contributed by atoms with Crippen molar-refractivity contribution >= 4 is 0 Å². The minimum atomic E-state index is 0.401. The molecule has 2 heterocycles. The molecule has 0 aliphatic heterocycles. The molecule has 2 aromatic rings. The lowest BCUT2D eigenvalue weighted by Crippen LogP contribution is -2.33. The number of aromatic nitrogens is 2. The summed E-state index contributed by atoms with van der Waals surface area (Å²) in [5.41, 5.74) is 2.51. The highest BCUT2D eigenvalue weighted by molar-refractivity contribution is 5.20. The number of nitrogens with zero attached hydrogens (tertiary/aromatic N) is 2. The Morgan fingerprint density at radius 2 is 1.85 bits per heavy atom. The van der Waals surface area contributed by atoms with Crippen LogP contribution in [0.2, 0.25) is 0 Å². The lowest BCUT2D eigenvalue weighted by Gasteiger charge is -2.18.